The van der Waals surface area contributed by atoms with E-state index in [1.807, 2.05) is 0 Å². The van der Waals surface area contributed by atoms with Crippen LogP contribution in [0.15, 0.2) is 10.8 Å². The predicted molar refractivity (Wildman–Crippen MR) is 64.8 cm³/mol. The summed E-state index contributed by atoms with van der Waals surface area (Å²) in [6.07, 6.45) is -0.990. The molecule has 1 heterocycles. The quantitative estimate of drug-likeness (QED) is 0.711. The van der Waals surface area contributed by atoms with Crippen molar-refractivity contribution in [1.29, 1.82) is 0 Å². The van der Waals surface area contributed by atoms with Gasteiger partial charge in [0.15, 0.2) is 5.78 Å². The number of carbonyl (C=O) groups excluding carboxylic acids is 1. The Bertz CT molecular complexity index is 436. The second-order valence-corrected chi connectivity index (χ2v) is 5.77. The van der Waals surface area contributed by atoms with Crippen LogP contribution in [0.25, 0.3) is 0 Å². The summed E-state index contributed by atoms with van der Waals surface area (Å²) < 4.78 is 38.2. The smallest absolute Gasteiger partial charge is 0.294 e. The Hall–Kier alpha value is -0.840. The van der Waals surface area contributed by atoms with Crippen molar-refractivity contribution < 1.29 is 18.0 Å². The molecule has 100 valence electrons. The molecule has 1 aromatic heterocycles. The Morgan fingerprint density at radius 2 is 2.06 bits per heavy atom. The average molecular weight is 276 g/mol. The lowest BCUT2D eigenvalue weighted by molar-refractivity contribution is -0.137. The summed E-state index contributed by atoms with van der Waals surface area (Å²) in [7, 11) is 0. The van der Waals surface area contributed by atoms with Gasteiger partial charge in [0.1, 0.15) is 0 Å². The summed E-state index contributed by atoms with van der Waals surface area (Å²) in [5.41, 5.74) is -0.901. The van der Waals surface area contributed by atoms with E-state index in [-0.39, 0.29) is 17.3 Å². The monoisotopic (exact) mass is 276 g/mol. The molecule has 18 heavy (non-hydrogen) atoms. The molecule has 1 aromatic rings. The van der Waals surface area contributed by atoms with Gasteiger partial charge in [-0.1, -0.05) is 19.8 Å². The maximum absolute atomic E-state index is 12.7. The van der Waals surface area contributed by atoms with E-state index in [1.54, 1.807) is 0 Å². The van der Waals surface area contributed by atoms with Crippen LogP contribution in [0.2, 0.25) is 0 Å². The van der Waals surface area contributed by atoms with Crippen molar-refractivity contribution in [3.8, 4) is 0 Å². The van der Waals surface area contributed by atoms with Crippen LogP contribution in [0.5, 0.6) is 0 Å². The van der Waals surface area contributed by atoms with Crippen molar-refractivity contribution in [3.63, 3.8) is 0 Å². The van der Waals surface area contributed by atoms with Crippen molar-refractivity contribution in [1.82, 2.24) is 0 Å². The highest BCUT2D eigenvalue weighted by molar-refractivity contribution is 7.08. The van der Waals surface area contributed by atoms with Crippen LogP contribution in [-0.2, 0) is 6.18 Å². The topological polar surface area (TPSA) is 17.1 Å². The van der Waals surface area contributed by atoms with Gasteiger partial charge in [0.2, 0.25) is 0 Å². The molecule has 0 spiro atoms. The number of alkyl halides is 3. The van der Waals surface area contributed by atoms with Crippen LogP contribution in [0.4, 0.5) is 13.2 Å². The lowest BCUT2D eigenvalue weighted by Crippen LogP contribution is -2.23. The molecule has 2 rings (SSSR count). The van der Waals surface area contributed by atoms with Gasteiger partial charge in [-0.25, -0.2) is 0 Å². The van der Waals surface area contributed by atoms with Crippen LogP contribution in [-0.4, -0.2) is 5.78 Å². The summed E-state index contributed by atoms with van der Waals surface area (Å²) in [6.45, 7) is 2.05. The Morgan fingerprint density at radius 3 is 2.67 bits per heavy atom. The molecule has 0 saturated heterocycles. The van der Waals surface area contributed by atoms with Gasteiger partial charge in [0, 0.05) is 22.2 Å². The Kier molecular flexibility index (Phi) is 3.80. The van der Waals surface area contributed by atoms with Crippen molar-refractivity contribution in [2.24, 2.45) is 11.8 Å². The van der Waals surface area contributed by atoms with Gasteiger partial charge in [-0.05, 0) is 18.8 Å². The molecule has 1 aliphatic carbocycles. The molecule has 0 N–H and O–H groups in total. The van der Waals surface area contributed by atoms with Gasteiger partial charge in [0.25, 0.3) is 0 Å². The average Bonchev–Trinajstić information content (AvgIpc) is 2.76. The molecule has 0 aromatic carbocycles. The fourth-order valence-corrected chi connectivity index (χ4v) is 3.44. The number of carbonyl (C=O) groups is 1. The molecule has 5 heteroatoms. The lowest BCUT2D eigenvalue weighted by atomic mass is 9.78. The minimum atomic E-state index is -4.43. The number of Topliss-reactive ketones (excluding diaryl/α,β-unsaturated/α-hetero) is 1. The van der Waals surface area contributed by atoms with E-state index < -0.39 is 11.7 Å². The summed E-state index contributed by atoms with van der Waals surface area (Å²) in [4.78, 5) is 12.2. The second-order valence-electron chi connectivity index (χ2n) is 5.03. The first kappa shape index (κ1) is 13.6. The lowest BCUT2D eigenvalue weighted by Gasteiger charge is -2.25. The Labute approximate surface area is 108 Å². The molecule has 0 radical (unpaired) electrons. The first-order chi connectivity index (χ1) is 8.39. The van der Waals surface area contributed by atoms with Gasteiger partial charge in [-0.3, -0.25) is 4.79 Å². The molecule has 1 nitrogen and oxygen atoms in total. The summed E-state index contributed by atoms with van der Waals surface area (Å²) in [5.74, 6) is -0.125. The fraction of sp³-hybridized carbons (Fsp3) is 0.615. The van der Waals surface area contributed by atoms with Gasteiger partial charge in [0.05, 0.1) is 5.56 Å². The van der Waals surface area contributed by atoms with Crippen LogP contribution in [0, 0.1) is 11.8 Å². The largest absolute Gasteiger partial charge is 0.417 e. The molecular weight excluding hydrogens is 261 g/mol. The second kappa shape index (κ2) is 5.03. The molecule has 0 aliphatic heterocycles. The highest BCUT2D eigenvalue weighted by Gasteiger charge is 2.38. The molecule has 1 saturated carbocycles. The highest BCUT2D eigenvalue weighted by Crippen LogP contribution is 2.38. The summed E-state index contributed by atoms with van der Waals surface area (Å²) >= 11 is 0.945. The molecule has 1 aliphatic rings. The summed E-state index contributed by atoms with van der Waals surface area (Å²) in [6, 6.07) is 0. The van der Waals surface area contributed by atoms with Crippen LogP contribution in [0.1, 0.15) is 48.5 Å². The molecule has 0 amide bonds. The fourth-order valence-electron chi connectivity index (χ4n) is 2.60. The Balaban J connectivity index is 2.21. The van der Waals surface area contributed by atoms with E-state index in [0.29, 0.717) is 12.3 Å². The standard InChI is InChI=1S/C13H15F3OS/c1-8-3-2-4-9(5-8)12(17)10-6-18-7-11(10)13(14,15)16/h6-9H,2-5H2,1H3. The predicted octanol–water partition coefficient (Wildman–Crippen LogP) is 4.78. The van der Waals surface area contributed by atoms with Gasteiger partial charge < -0.3 is 0 Å². The maximum Gasteiger partial charge on any atom is 0.417 e. The maximum atomic E-state index is 12.7. The number of ketones is 1. The van der Waals surface area contributed by atoms with Crippen molar-refractivity contribution in [2.75, 3.05) is 0 Å². The van der Waals surface area contributed by atoms with E-state index in [4.69, 9.17) is 0 Å². The van der Waals surface area contributed by atoms with E-state index in [2.05, 4.69) is 6.92 Å². The Morgan fingerprint density at radius 1 is 1.33 bits per heavy atom. The molecule has 1 fully saturated rings. The molecule has 2 atom stereocenters. The normalized spacial score (nSPS) is 25.1. The zero-order chi connectivity index (χ0) is 13.3. The number of halogens is 3. The number of rotatable bonds is 2. The SMILES string of the molecule is CC1CCCC(C(=O)c2cscc2C(F)(F)F)C1. The zero-order valence-corrected chi connectivity index (χ0v) is 10.9. The van der Waals surface area contributed by atoms with Crippen molar-refractivity contribution >= 4 is 17.1 Å². The third-order valence-corrected chi connectivity index (χ3v) is 4.28. The van der Waals surface area contributed by atoms with E-state index >= 15 is 0 Å². The highest BCUT2D eigenvalue weighted by atomic mass is 32.1. The number of hydrogen-bond donors (Lipinski definition) is 0. The first-order valence-electron chi connectivity index (χ1n) is 6.07. The van der Waals surface area contributed by atoms with Gasteiger partial charge in [-0.2, -0.15) is 24.5 Å². The minimum Gasteiger partial charge on any atom is -0.294 e. The van der Waals surface area contributed by atoms with Crippen LogP contribution < -0.4 is 0 Å². The number of hydrogen-bond acceptors (Lipinski definition) is 2. The molecule has 0 bridgehead atoms. The van der Waals surface area contributed by atoms with E-state index in [9.17, 15) is 18.0 Å². The van der Waals surface area contributed by atoms with Gasteiger partial charge >= 0.3 is 6.18 Å². The number of thiophene rings is 1. The van der Waals surface area contributed by atoms with Gasteiger partial charge in [-0.15, -0.1) is 0 Å². The minimum absolute atomic E-state index is 0.133. The van der Waals surface area contributed by atoms with Crippen molar-refractivity contribution in [3.05, 3.63) is 21.9 Å². The molecule has 2 unspecified atom stereocenters. The first-order valence-corrected chi connectivity index (χ1v) is 7.01. The van der Waals surface area contributed by atoms with Crippen molar-refractivity contribution in [2.45, 2.75) is 38.8 Å². The van der Waals surface area contributed by atoms with Crippen LogP contribution in [0.3, 0.4) is 0 Å². The zero-order valence-electron chi connectivity index (χ0n) is 10.1. The van der Waals surface area contributed by atoms with E-state index in [0.717, 1.165) is 36.0 Å². The van der Waals surface area contributed by atoms with Crippen LogP contribution >= 0.6 is 11.3 Å². The summed E-state index contributed by atoms with van der Waals surface area (Å²) in [5, 5.41) is 2.36. The molecular formula is C13H15F3OS. The van der Waals surface area contributed by atoms with E-state index in [1.165, 1.54) is 5.38 Å². The third kappa shape index (κ3) is 2.76. The third-order valence-electron chi connectivity index (χ3n) is 3.54.